The van der Waals surface area contributed by atoms with Gasteiger partial charge < -0.3 is 19.9 Å². The van der Waals surface area contributed by atoms with Gasteiger partial charge in [-0.3, -0.25) is 0 Å². The average Bonchev–Trinajstić information content (AvgIpc) is 2.60. The van der Waals surface area contributed by atoms with Crippen LogP contribution >= 0.6 is 23.2 Å². The number of aliphatic hydroxyl groups excluding tert-OH is 1. The second-order valence-corrected chi connectivity index (χ2v) is 6.50. The molecule has 0 aliphatic rings. The molecular weight excluding hydrogens is 406 g/mol. The van der Waals surface area contributed by atoms with Crippen molar-refractivity contribution in [2.24, 2.45) is 0 Å². The highest BCUT2D eigenvalue weighted by atomic mass is 35.5. The molecular formula is C18H18Cl2F3NO3. The van der Waals surface area contributed by atoms with E-state index >= 15 is 0 Å². The Morgan fingerprint density at radius 2 is 1.67 bits per heavy atom. The first-order valence-corrected chi connectivity index (χ1v) is 8.80. The Balaban J connectivity index is 1.65. The SMILES string of the molecule is OC(CNCCc1ccc(Cl)c(Cl)c1)COc1ccc(OC(F)(F)F)cc1. The minimum atomic E-state index is -4.73. The minimum Gasteiger partial charge on any atom is -0.491 e. The molecule has 0 radical (unpaired) electrons. The summed E-state index contributed by atoms with van der Waals surface area (Å²) in [5.41, 5.74) is 1.02. The maximum atomic E-state index is 12.1. The molecule has 0 aliphatic heterocycles. The maximum Gasteiger partial charge on any atom is 0.573 e. The van der Waals surface area contributed by atoms with Gasteiger partial charge in [-0.1, -0.05) is 29.3 Å². The van der Waals surface area contributed by atoms with E-state index in [-0.39, 0.29) is 12.4 Å². The number of benzene rings is 2. The highest BCUT2D eigenvalue weighted by Crippen LogP contribution is 2.25. The fraction of sp³-hybridized carbons (Fsp3) is 0.333. The number of hydrogen-bond acceptors (Lipinski definition) is 4. The third kappa shape index (κ3) is 8.26. The van der Waals surface area contributed by atoms with Crippen LogP contribution in [0.2, 0.25) is 10.0 Å². The second kappa shape index (κ2) is 10.0. The number of aliphatic hydroxyl groups is 1. The molecule has 0 saturated carbocycles. The third-order valence-electron chi connectivity index (χ3n) is 3.45. The molecule has 0 heterocycles. The molecule has 2 aromatic carbocycles. The minimum absolute atomic E-state index is 0.000746. The molecule has 148 valence electrons. The smallest absolute Gasteiger partial charge is 0.491 e. The molecule has 4 nitrogen and oxygen atoms in total. The van der Waals surface area contributed by atoms with Gasteiger partial charge in [-0.25, -0.2) is 0 Å². The average molecular weight is 424 g/mol. The van der Waals surface area contributed by atoms with Gasteiger partial charge in [0, 0.05) is 6.54 Å². The predicted octanol–water partition coefficient (Wildman–Crippen LogP) is 4.46. The molecule has 0 aromatic heterocycles. The van der Waals surface area contributed by atoms with Gasteiger partial charge >= 0.3 is 6.36 Å². The first-order valence-electron chi connectivity index (χ1n) is 8.04. The molecule has 1 unspecified atom stereocenters. The van der Waals surface area contributed by atoms with Crippen LogP contribution in [0.3, 0.4) is 0 Å². The Morgan fingerprint density at radius 1 is 1.00 bits per heavy atom. The van der Waals surface area contributed by atoms with Crippen LogP contribution in [-0.2, 0) is 6.42 Å². The Kier molecular flexibility index (Phi) is 8.04. The van der Waals surface area contributed by atoms with E-state index in [2.05, 4.69) is 10.1 Å². The van der Waals surface area contributed by atoms with E-state index in [0.717, 1.165) is 17.7 Å². The van der Waals surface area contributed by atoms with Crippen molar-refractivity contribution in [3.8, 4) is 11.5 Å². The first-order chi connectivity index (χ1) is 12.7. The summed E-state index contributed by atoms with van der Waals surface area (Å²) >= 11 is 11.8. The lowest BCUT2D eigenvalue weighted by Crippen LogP contribution is -2.32. The molecule has 2 rings (SSSR count). The molecule has 2 aromatic rings. The van der Waals surface area contributed by atoms with Gasteiger partial charge in [-0.15, -0.1) is 13.2 Å². The summed E-state index contributed by atoms with van der Waals surface area (Å²) in [6.07, 6.45) is -4.79. The fourth-order valence-corrected chi connectivity index (χ4v) is 2.51. The Bertz CT molecular complexity index is 727. The van der Waals surface area contributed by atoms with E-state index in [9.17, 15) is 18.3 Å². The summed E-state index contributed by atoms with van der Waals surface area (Å²) in [6, 6.07) is 10.4. The van der Waals surface area contributed by atoms with Crippen molar-refractivity contribution in [1.82, 2.24) is 5.32 Å². The summed E-state index contributed by atoms with van der Waals surface area (Å²) in [5.74, 6) is -0.00116. The van der Waals surface area contributed by atoms with E-state index in [1.165, 1.54) is 12.1 Å². The summed E-state index contributed by atoms with van der Waals surface area (Å²) in [7, 11) is 0. The Hall–Kier alpha value is -1.67. The van der Waals surface area contributed by atoms with E-state index in [1.54, 1.807) is 12.1 Å². The molecule has 0 amide bonds. The van der Waals surface area contributed by atoms with Crippen molar-refractivity contribution in [3.05, 3.63) is 58.1 Å². The largest absolute Gasteiger partial charge is 0.573 e. The number of ether oxygens (including phenoxy) is 2. The summed E-state index contributed by atoms with van der Waals surface area (Å²) < 4.78 is 45.4. The summed E-state index contributed by atoms with van der Waals surface area (Å²) in [5, 5.41) is 14.0. The van der Waals surface area contributed by atoms with Crippen molar-refractivity contribution in [1.29, 1.82) is 0 Å². The maximum absolute atomic E-state index is 12.1. The van der Waals surface area contributed by atoms with Crippen molar-refractivity contribution < 1.29 is 27.8 Å². The van der Waals surface area contributed by atoms with Crippen molar-refractivity contribution >= 4 is 23.2 Å². The lowest BCUT2D eigenvalue weighted by Gasteiger charge is -2.14. The molecule has 0 aliphatic carbocycles. The lowest BCUT2D eigenvalue weighted by atomic mass is 10.1. The van der Waals surface area contributed by atoms with Crippen LogP contribution in [-0.4, -0.2) is 37.3 Å². The highest BCUT2D eigenvalue weighted by molar-refractivity contribution is 6.42. The third-order valence-corrected chi connectivity index (χ3v) is 4.19. The molecule has 0 saturated heterocycles. The van der Waals surface area contributed by atoms with Gasteiger partial charge in [-0.05, 0) is 54.9 Å². The molecule has 2 N–H and O–H groups in total. The molecule has 0 bridgehead atoms. The zero-order valence-electron chi connectivity index (χ0n) is 14.1. The quantitative estimate of drug-likeness (QED) is 0.584. The zero-order chi connectivity index (χ0) is 19.9. The van der Waals surface area contributed by atoms with Gasteiger partial charge in [0.1, 0.15) is 24.2 Å². The van der Waals surface area contributed by atoms with Gasteiger partial charge in [0.15, 0.2) is 0 Å². The monoisotopic (exact) mass is 423 g/mol. The first kappa shape index (κ1) is 21.6. The number of alkyl halides is 3. The van der Waals surface area contributed by atoms with Crippen molar-refractivity contribution in [3.63, 3.8) is 0 Å². The normalized spacial score (nSPS) is 12.7. The molecule has 0 fully saturated rings. The van der Waals surface area contributed by atoms with Gasteiger partial charge in [0.2, 0.25) is 0 Å². The second-order valence-electron chi connectivity index (χ2n) is 5.69. The molecule has 0 spiro atoms. The number of nitrogens with one attached hydrogen (secondary N) is 1. The Morgan fingerprint density at radius 3 is 2.30 bits per heavy atom. The molecule has 27 heavy (non-hydrogen) atoms. The lowest BCUT2D eigenvalue weighted by molar-refractivity contribution is -0.274. The van der Waals surface area contributed by atoms with Gasteiger partial charge in [0.25, 0.3) is 0 Å². The standard InChI is InChI=1S/C18H18Cl2F3NO3/c19-16-6-1-12(9-17(16)20)7-8-24-10-13(25)11-26-14-2-4-15(5-3-14)27-18(21,22)23/h1-6,9,13,24-25H,7-8,10-11H2. The fourth-order valence-electron chi connectivity index (χ4n) is 2.19. The van der Waals surface area contributed by atoms with Crippen LogP contribution in [0.4, 0.5) is 13.2 Å². The van der Waals surface area contributed by atoms with Crippen LogP contribution in [0, 0.1) is 0 Å². The molecule has 9 heteroatoms. The van der Waals surface area contributed by atoms with E-state index < -0.39 is 12.5 Å². The highest BCUT2D eigenvalue weighted by Gasteiger charge is 2.30. The van der Waals surface area contributed by atoms with E-state index in [0.29, 0.717) is 35.3 Å². The van der Waals surface area contributed by atoms with Crippen LogP contribution < -0.4 is 14.8 Å². The van der Waals surface area contributed by atoms with Crippen LogP contribution in [0.25, 0.3) is 0 Å². The summed E-state index contributed by atoms with van der Waals surface area (Å²) in [6.45, 7) is 0.925. The van der Waals surface area contributed by atoms with Gasteiger partial charge in [0.05, 0.1) is 10.0 Å². The number of rotatable bonds is 9. The van der Waals surface area contributed by atoms with E-state index in [4.69, 9.17) is 27.9 Å². The summed E-state index contributed by atoms with van der Waals surface area (Å²) in [4.78, 5) is 0. The van der Waals surface area contributed by atoms with Crippen LogP contribution in [0.15, 0.2) is 42.5 Å². The Labute approximate surface area is 164 Å². The number of hydrogen-bond donors (Lipinski definition) is 2. The predicted molar refractivity (Wildman–Crippen MR) is 97.7 cm³/mol. The zero-order valence-corrected chi connectivity index (χ0v) is 15.6. The van der Waals surface area contributed by atoms with E-state index in [1.807, 2.05) is 6.07 Å². The van der Waals surface area contributed by atoms with Crippen LogP contribution in [0.1, 0.15) is 5.56 Å². The van der Waals surface area contributed by atoms with Crippen molar-refractivity contribution in [2.45, 2.75) is 18.9 Å². The topological polar surface area (TPSA) is 50.7 Å². The van der Waals surface area contributed by atoms with Gasteiger partial charge in [-0.2, -0.15) is 0 Å². The van der Waals surface area contributed by atoms with Crippen molar-refractivity contribution in [2.75, 3.05) is 19.7 Å². The van der Waals surface area contributed by atoms with Crippen LogP contribution in [0.5, 0.6) is 11.5 Å². The molecule has 1 atom stereocenters. The number of halogens is 5.